The van der Waals surface area contributed by atoms with Crippen molar-refractivity contribution in [2.75, 3.05) is 26.3 Å². The Labute approximate surface area is 231 Å². The summed E-state index contributed by atoms with van der Waals surface area (Å²) in [4.78, 5) is 40.5. The van der Waals surface area contributed by atoms with E-state index in [9.17, 15) is 19.6 Å². The van der Waals surface area contributed by atoms with Crippen molar-refractivity contribution in [3.8, 4) is 16.5 Å². The molecule has 1 N–H and O–H groups in total. The first kappa shape index (κ1) is 28.4. The van der Waals surface area contributed by atoms with E-state index in [-0.39, 0.29) is 24.9 Å². The third-order valence-electron chi connectivity index (χ3n) is 6.20. The van der Waals surface area contributed by atoms with Gasteiger partial charge in [-0.15, -0.1) is 11.3 Å². The summed E-state index contributed by atoms with van der Waals surface area (Å²) >= 11 is 1.53. The van der Waals surface area contributed by atoms with Gasteiger partial charge >= 0.3 is 11.8 Å². The van der Waals surface area contributed by atoms with Crippen molar-refractivity contribution in [1.82, 2.24) is 14.8 Å². The second kappa shape index (κ2) is 12.1. The Kier molecular flexibility index (Phi) is 8.77. The summed E-state index contributed by atoms with van der Waals surface area (Å²) in [5.41, 5.74) is 1.56. The highest BCUT2D eigenvalue weighted by atomic mass is 32.1. The molecule has 2 amide bonds. The van der Waals surface area contributed by atoms with E-state index in [4.69, 9.17) is 13.9 Å². The van der Waals surface area contributed by atoms with Crippen LogP contribution in [0.1, 0.15) is 39.0 Å². The predicted octanol–water partition coefficient (Wildman–Crippen LogP) is 4.17. The summed E-state index contributed by atoms with van der Waals surface area (Å²) in [6.07, 6.45) is 0.836. The largest absolute Gasteiger partial charge is 0.444 e. The standard InChI is InChI=1S/C28H34N4O6S/c1-5-11-36-12-10-32-22-13-18(6-8-23(22)37-27(32)35)24-9-7-21(39-24)14-20(15-29)30-25(33)19-16-31(17-19)26(34)38-28(2,3)4/h6-9,13,19-20H,5,10-12,14,16-17H2,1-4H3,(H,30,33)/t20-/m0/s1. The van der Waals surface area contributed by atoms with E-state index in [0.29, 0.717) is 37.3 Å². The summed E-state index contributed by atoms with van der Waals surface area (Å²) in [7, 11) is 0. The number of hydrogen-bond acceptors (Lipinski definition) is 8. The van der Waals surface area contributed by atoms with Crippen LogP contribution in [0.15, 0.2) is 39.5 Å². The fraction of sp³-hybridized carbons (Fsp3) is 0.500. The van der Waals surface area contributed by atoms with E-state index in [1.165, 1.54) is 16.2 Å². The van der Waals surface area contributed by atoms with Crippen molar-refractivity contribution in [3.05, 3.63) is 45.8 Å². The van der Waals surface area contributed by atoms with Gasteiger partial charge in [0.2, 0.25) is 5.91 Å². The van der Waals surface area contributed by atoms with Gasteiger partial charge in [0.25, 0.3) is 0 Å². The molecule has 0 aliphatic carbocycles. The number of nitrogens with one attached hydrogen (secondary N) is 1. The number of fused-ring (bicyclic) bond motifs is 1. The van der Waals surface area contributed by atoms with Crippen LogP contribution < -0.4 is 11.1 Å². The SMILES string of the molecule is CCCOCCn1c(=O)oc2ccc(-c3ccc(C[C@@H](C#N)NC(=O)C4CN(C(=O)OC(C)(C)C)C4)s3)cc21. The molecule has 0 bridgehead atoms. The van der Waals surface area contributed by atoms with E-state index >= 15 is 0 Å². The highest BCUT2D eigenvalue weighted by Gasteiger charge is 2.38. The van der Waals surface area contributed by atoms with Crippen molar-refractivity contribution < 1.29 is 23.5 Å². The van der Waals surface area contributed by atoms with Gasteiger partial charge in [-0.3, -0.25) is 9.36 Å². The zero-order chi connectivity index (χ0) is 28.2. The summed E-state index contributed by atoms with van der Waals surface area (Å²) in [5, 5.41) is 12.5. The summed E-state index contributed by atoms with van der Waals surface area (Å²) in [6, 6.07) is 11.0. The topological polar surface area (TPSA) is 127 Å². The minimum absolute atomic E-state index is 0.246. The monoisotopic (exact) mass is 554 g/mol. The van der Waals surface area contributed by atoms with Gasteiger partial charge in [0.1, 0.15) is 11.6 Å². The average molecular weight is 555 g/mol. The van der Waals surface area contributed by atoms with E-state index in [2.05, 4.69) is 11.4 Å². The molecule has 208 valence electrons. The lowest BCUT2D eigenvalue weighted by molar-refractivity contribution is -0.130. The van der Waals surface area contributed by atoms with Crippen molar-refractivity contribution in [1.29, 1.82) is 5.26 Å². The zero-order valence-corrected chi connectivity index (χ0v) is 23.5. The number of carbonyl (C=O) groups is 2. The Morgan fingerprint density at radius 3 is 2.69 bits per heavy atom. The van der Waals surface area contributed by atoms with Gasteiger partial charge in [-0.05, 0) is 63.1 Å². The molecule has 0 unspecified atom stereocenters. The van der Waals surface area contributed by atoms with Crippen LogP contribution in [0.2, 0.25) is 0 Å². The second-order valence-electron chi connectivity index (χ2n) is 10.6. The van der Waals surface area contributed by atoms with E-state index in [1.54, 1.807) is 31.4 Å². The smallest absolute Gasteiger partial charge is 0.420 e. The molecule has 1 fully saturated rings. The van der Waals surface area contributed by atoms with Crippen LogP contribution in [-0.2, 0) is 27.2 Å². The molecule has 1 aromatic carbocycles. The summed E-state index contributed by atoms with van der Waals surface area (Å²) in [6.45, 7) is 9.43. The Morgan fingerprint density at radius 2 is 2.00 bits per heavy atom. The molecule has 3 heterocycles. The van der Waals surface area contributed by atoms with Crippen LogP contribution in [0.5, 0.6) is 0 Å². The molecule has 0 radical (unpaired) electrons. The van der Waals surface area contributed by atoms with Crippen molar-refractivity contribution in [2.45, 2.75) is 58.7 Å². The summed E-state index contributed by atoms with van der Waals surface area (Å²) < 4.78 is 17.8. The van der Waals surface area contributed by atoms with Gasteiger partial charge in [0.15, 0.2) is 5.58 Å². The number of likely N-dealkylation sites (tertiary alicyclic amines) is 1. The van der Waals surface area contributed by atoms with Crippen LogP contribution in [-0.4, -0.2) is 59.4 Å². The molecule has 0 saturated carbocycles. The Morgan fingerprint density at radius 1 is 1.23 bits per heavy atom. The first-order valence-electron chi connectivity index (χ1n) is 13.1. The molecular formula is C28H34N4O6S. The van der Waals surface area contributed by atoms with E-state index in [1.807, 2.05) is 31.2 Å². The number of ether oxygens (including phenoxy) is 2. The lowest BCUT2D eigenvalue weighted by atomic mass is 9.99. The molecule has 11 heteroatoms. The van der Waals surface area contributed by atoms with Crippen molar-refractivity contribution >= 4 is 34.4 Å². The van der Waals surface area contributed by atoms with Gasteiger partial charge in [-0.2, -0.15) is 5.26 Å². The first-order valence-corrected chi connectivity index (χ1v) is 13.9. The molecule has 1 atom stereocenters. The number of nitrogens with zero attached hydrogens (tertiary/aromatic N) is 3. The fourth-order valence-corrected chi connectivity index (χ4v) is 5.26. The maximum Gasteiger partial charge on any atom is 0.420 e. The minimum Gasteiger partial charge on any atom is -0.444 e. The number of hydrogen-bond donors (Lipinski definition) is 1. The van der Waals surface area contributed by atoms with Crippen LogP contribution in [0.4, 0.5) is 4.79 Å². The molecular weight excluding hydrogens is 520 g/mol. The molecule has 1 aliphatic rings. The van der Waals surface area contributed by atoms with Gasteiger partial charge in [-0.1, -0.05) is 6.92 Å². The number of carbonyl (C=O) groups excluding carboxylic acids is 2. The number of oxazole rings is 1. The first-order chi connectivity index (χ1) is 18.6. The number of rotatable bonds is 10. The van der Waals surface area contributed by atoms with Crippen molar-refractivity contribution in [2.24, 2.45) is 5.92 Å². The maximum absolute atomic E-state index is 12.7. The van der Waals surface area contributed by atoms with Crippen LogP contribution >= 0.6 is 11.3 Å². The number of aromatic nitrogens is 1. The predicted molar refractivity (Wildman–Crippen MR) is 147 cm³/mol. The lowest BCUT2D eigenvalue weighted by Crippen LogP contribution is -2.57. The zero-order valence-electron chi connectivity index (χ0n) is 22.7. The number of nitriles is 1. The Balaban J connectivity index is 1.36. The van der Waals surface area contributed by atoms with Gasteiger partial charge in [0.05, 0.1) is 30.7 Å². The number of amides is 2. The lowest BCUT2D eigenvalue weighted by Gasteiger charge is -2.39. The van der Waals surface area contributed by atoms with E-state index in [0.717, 1.165) is 21.7 Å². The summed E-state index contributed by atoms with van der Waals surface area (Å²) in [5.74, 6) is -1.02. The fourth-order valence-electron chi connectivity index (χ4n) is 4.21. The highest BCUT2D eigenvalue weighted by Crippen LogP contribution is 2.31. The number of thiophene rings is 1. The molecule has 39 heavy (non-hydrogen) atoms. The molecule has 3 aromatic rings. The second-order valence-corrected chi connectivity index (χ2v) is 11.7. The molecule has 2 aromatic heterocycles. The quantitative estimate of drug-likeness (QED) is 0.373. The molecule has 10 nitrogen and oxygen atoms in total. The average Bonchev–Trinajstić information content (AvgIpc) is 3.42. The third kappa shape index (κ3) is 7.07. The minimum atomic E-state index is -0.691. The Bertz CT molecular complexity index is 1420. The molecule has 1 saturated heterocycles. The van der Waals surface area contributed by atoms with Gasteiger partial charge in [-0.25, -0.2) is 9.59 Å². The molecule has 0 spiro atoms. The van der Waals surface area contributed by atoms with Gasteiger partial charge in [0, 0.05) is 35.9 Å². The van der Waals surface area contributed by atoms with Gasteiger partial charge < -0.3 is 24.1 Å². The maximum atomic E-state index is 12.7. The van der Waals surface area contributed by atoms with E-state index < -0.39 is 23.5 Å². The highest BCUT2D eigenvalue weighted by molar-refractivity contribution is 7.15. The van der Waals surface area contributed by atoms with Crippen LogP contribution in [0, 0.1) is 17.2 Å². The van der Waals surface area contributed by atoms with Crippen LogP contribution in [0.3, 0.4) is 0 Å². The third-order valence-corrected chi connectivity index (χ3v) is 7.36. The normalized spacial score (nSPS) is 14.6. The molecule has 4 rings (SSSR count). The van der Waals surface area contributed by atoms with Crippen molar-refractivity contribution in [3.63, 3.8) is 0 Å². The Hall–Kier alpha value is -3.62. The molecule has 1 aliphatic heterocycles. The van der Waals surface area contributed by atoms with Crippen LogP contribution in [0.25, 0.3) is 21.5 Å². The number of benzene rings is 1.